The van der Waals surface area contributed by atoms with Crippen LogP contribution in [-0.4, -0.2) is 15.0 Å². The van der Waals surface area contributed by atoms with Crippen molar-refractivity contribution in [1.29, 1.82) is 0 Å². The molecule has 0 N–H and O–H groups in total. The van der Waals surface area contributed by atoms with Gasteiger partial charge in [0.2, 0.25) is 0 Å². The lowest BCUT2D eigenvalue weighted by molar-refractivity contribution is 0.669. The fourth-order valence-electron chi connectivity index (χ4n) is 7.75. The van der Waals surface area contributed by atoms with Crippen LogP contribution in [0.25, 0.3) is 87.4 Å². The molecule has 0 amide bonds. The third kappa shape index (κ3) is 5.91. The number of hydrogen-bond donors (Lipinski definition) is 0. The van der Waals surface area contributed by atoms with Crippen molar-refractivity contribution in [2.24, 2.45) is 0 Å². The fraction of sp³-hybridized carbons (Fsp3) is 0. The molecule has 0 radical (unpaired) electrons. The summed E-state index contributed by atoms with van der Waals surface area (Å²) in [4.78, 5) is 17.2. The van der Waals surface area contributed by atoms with Gasteiger partial charge in [0.25, 0.3) is 0 Å². The summed E-state index contributed by atoms with van der Waals surface area (Å²) in [5.74, 6) is 1.83. The molecule has 57 heavy (non-hydrogen) atoms. The maximum Gasteiger partial charge on any atom is 0.164 e. The Bertz CT molecular complexity index is 3170. The van der Waals surface area contributed by atoms with Crippen LogP contribution in [0, 0.1) is 0 Å². The summed E-state index contributed by atoms with van der Waals surface area (Å²) in [7, 11) is 0. The molecule has 3 aromatic heterocycles. The van der Waals surface area contributed by atoms with E-state index in [0.717, 1.165) is 61.3 Å². The lowest BCUT2D eigenvalue weighted by atomic mass is 10.0. The molecule has 0 spiro atoms. The molecule has 0 aliphatic carbocycles. The van der Waals surface area contributed by atoms with Gasteiger partial charge in [0.05, 0.1) is 5.69 Å². The number of para-hydroxylation sites is 1. The van der Waals surface area contributed by atoms with Gasteiger partial charge < -0.3 is 9.32 Å². The predicted octanol–water partition coefficient (Wildman–Crippen LogP) is 14.3. The van der Waals surface area contributed by atoms with Crippen molar-refractivity contribution in [3.05, 3.63) is 194 Å². The second-order valence-corrected chi connectivity index (χ2v) is 15.1. The molecule has 11 rings (SSSR count). The van der Waals surface area contributed by atoms with Gasteiger partial charge in [0.15, 0.2) is 23.1 Å². The van der Waals surface area contributed by atoms with Crippen molar-refractivity contribution in [1.82, 2.24) is 15.0 Å². The fourth-order valence-corrected chi connectivity index (χ4v) is 8.89. The lowest BCUT2D eigenvalue weighted by Gasteiger charge is -2.26. The average molecular weight is 749 g/mol. The topological polar surface area (TPSA) is 55.1 Å². The highest BCUT2D eigenvalue weighted by atomic mass is 32.1. The molecule has 0 aliphatic rings. The Balaban J connectivity index is 1.07. The van der Waals surface area contributed by atoms with Crippen LogP contribution in [0.4, 0.5) is 17.1 Å². The molecule has 0 atom stereocenters. The number of fused-ring (bicyclic) bond motifs is 6. The average Bonchev–Trinajstić information content (AvgIpc) is 3.86. The highest BCUT2D eigenvalue weighted by molar-refractivity contribution is 7.25. The molecule has 8 aromatic carbocycles. The zero-order valence-electron chi connectivity index (χ0n) is 30.6. The Morgan fingerprint density at radius 3 is 1.60 bits per heavy atom. The normalized spacial score (nSPS) is 11.5. The Labute approximate surface area is 332 Å². The molecular weight excluding hydrogens is 717 g/mol. The van der Waals surface area contributed by atoms with E-state index in [2.05, 4.69) is 138 Å². The quantitative estimate of drug-likeness (QED) is 0.162. The van der Waals surface area contributed by atoms with E-state index in [1.54, 1.807) is 0 Å². The summed E-state index contributed by atoms with van der Waals surface area (Å²) in [6.45, 7) is 0. The summed E-state index contributed by atoms with van der Waals surface area (Å²) in [5, 5.41) is 4.60. The van der Waals surface area contributed by atoms with Crippen molar-refractivity contribution in [2.45, 2.75) is 0 Å². The van der Waals surface area contributed by atoms with Gasteiger partial charge in [-0.15, -0.1) is 11.3 Å². The van der Waals surface area contributed by atoms with Crippen LogP contribution < -0.4 is 4.90 Å². The first-order valence-electron chi connectivity index (χ1n) is 18.9. The van der Waals surface area contributed by atoms with Gasteiger partial charge in [-0.05, 0) is 59.7 Å². The van der Waals surface area contributed by atoms with E-state index in [9.17, 15) is 0 Å². The number of aromatic nitrogens is 3. The standard InChI is InChI=1S/C51H32N4OS/c1-4-13-33(14-5-1)34-23-26-38(27-24-34)55(39-28-30-42-41-19-10-11-22-46(41)57-47(42)32-39)44-21-12-20-43-40-29-25-37(31-45(40)56-48(43)44)51-53-49(35-15-6-2-7-16-35)52-50(54-51)36-17-8-3-9-18-36/h1-32H. The molecular formula is C51H32N4OS. The van der Waals surface area contributed by atoms with E-state index >= 15 is 0 Å². The van der Waals surface area contributed by atoms with Gasteiger partial charge in [-0.1, -0.05) is 146 Å². The molecule has 5 nitrogen and oxygen atoms in total. The number of rotatable bonds is 7. The Morgan fingerprint density at radius 2 is 0.895 bits per heavy atom. The van der Waals surface area contributed by atoms with E-state index in [4.69, 9.17) is 19.4 Å². The minimum Gasteiger partial charge on any atom is -0.454 e. The summed E-state index contributed by atoms with van der Waals surface area (Å²) < 4.78 is 9.44. The van der Waals surface area contributed by atoms with E-state index in [-0.39, 0.29) is 0 Å². The van der Waals surface area contributed by atoms with Gasteiger partial charge in [-0.25, -0.2) is 15.0 Å². The molecule has 0 bridgehead atoms. The SMILES string of the molecule is c1ccc(-c2ccc(N(c3ccc4c(c3)sc3ccccc34)c3cccc4c3oc3cc(-c5nc(-c6ccccc6)nc(-c6ccccc6)n5)ccc34)cc2)cc1. The number of thiophene rings is 1. The zero-order chi connectivity index (χ0) is 37.7. The third-order valence-corrected chi connectivity index (χ3v) is 11.7. The number of furan rings is 1. The maximum absolute atomic E-state index is 6.92. The number of nitrogens with zero attached hydrogens (tertiary/aromatic N) is 4. The van der Waals surface area contributed by atoms with Crippen LogP contribution in [0.5, 0.6) is 0 Å². The predicted molar refractivity (Wildman–Crippen MR) is 236 cm³/mol. The summed E-state index contributed by atoms with van der Waals surface area (Å²) >= 11 is 1.82. The van der Waals surface area contributed by atoms with Crippen molar-refractivity contribution < 1.29 is 4.42 Å². The van der Waals surface area contributed by atoms with Crippen LogP contribution in [-0.2, 0) is 0 Å². The zero-order valence-corrected chi connectivity index (χ0v) is 31.4. The van der Waals surface area contributed by atoms with E-state index in [1.165, 1.54) is 25.7 Å². The first kappa shape index (κ1) is 33.0. The number of anilines is 3. The van der Waals surface area contributed by atoms with Crippen LogP contribution in [0.15, 0.2) is 199 Å². The number of hydrogen-bond acceptors (Lipinski definition) is 6. The molecule has 0 unspecified atom stereocenters. The first-order chi connectivity index (χ1) is 28.2. The van der Waals surface area contributed by atoms with Gasteiger partial charge in [-0.2, -0.15) is 0 Å². The summed E-state index contributed by atoms with van der Waals surface area (Å²) in [5.41, 5.74) is 9.67. The van der Waals surface area contributed by atoms with Crippen molar-refractivity contribution >= 4 is 70.5 Å². The van der Waals surface area contributed by atoms with Gasteiger partial charge in [-0.3, -0.25) is 0 Å². The van der Waals surface area contributed by atoms with Crippen LogP contribution in [0.2, 0.25) is 0 Å². The number of benzene rings is 8. The molecule has 0 aliphatic heterocycles. The van der Waals surface area contributed by atoms with Gasteiger partial charge in [0.1, 0.15) is 5.58 Å². The summed E-state index contributed by atoms with van der Waals surface area (Å²) in [6.07, 6.45) is 0. The molecule has 0 saturated heterocycles. The molecule has 0 saturated carbocycles. The maximum atomic E-state index is 6.92. The summed E-state index contributed by atoms with van der Waals surface area (Å²) in [6, 6.07) is 67.5. The third-order valence-electron chi connectivity index (χ3n) is 10.5. The first-order valence-corrected chi connectivity index (χ1v) is 19.7. The van der Waals surface area contributed by atoms with Crippen LogP contribution in [0.1, 0.15) is 0 Å². The smallest absolute Gasteiger partial charge is 0.164 e. The second kappa shape index (κ2) is 13.7. The molecule has 11 aromatic rings. The van der Waals surface area contributed by atoms with Crippen molar-refractivity contribution in [3.63, 3.8) is 0 Å². The molecule has 268 valence electrons. The Morgan fingerprint density at radius 1 is 0.368 bits per heavy atom. The molecule has 3 heterocycles. The van der Waals surface area contributed by atoms with Crippen molar-refractivity contribution in [2.75, 3.05) is 4.90 Å². The Kier molecular flexibility index (Phi) is 7.93. The molecule has 6 heteroatoms. The lowest BCUT2D eigenvalue weighted by Crippen LogP contribution is -2.10. The minimum absolute atomic E-state index is 0.585. The van der Waals surface area contributed by atoms with Crippen LogP contribution in [0.3, 0.4) is 0 Å². The van der Waals surface area contributed by atoms with E-state index < -0.39 is 0 Å². The second-order valence-electron chi connectivity index (χ2n) is 14.0. The van der Waals surface area contributed by atoms with E-state index in [1.807, 2.05) is 72.0 Å². The minimum atomic E-state index is 0.585. The van der Waals surface area contributed by atoms with Crippen molar-refractivity contribution in [3.8, 4) is 45.3 Å². The highest BCUT2D eigenvalue weighted by Gasteiger charge is 2.21. The largest absolute Gasteiger partial charge is 0.454 e. The highest BCUT2D eigenvalue weighted by Crippen LogP contribution is 2.45. The van der Waals surface area contributed by atoms with Gasteiger partial charge in [0, 0.05) is 59.0 Å². The van der Waals surface area contributed by atoms with Gasteiger partial charge >= 0.3 is 0 Å². The molecule has 0 fully saturated rings. The Hall–Kier alpha value is -7.41. The van der Waals surface area contributed by atoms with Crippen LogP contribution >= 0.6 is 11.3 Å². The van der Waals surface area contributed by atoms with E-state index in [0.29, 0.717) is 17.5 Å². The monoisotopic (exact) mass is 748 g/mol.